The van der Waals surface area contributed by atoms with Crippen molar-refractivity contribution < 1.29 is 19.2 Å². The van der Waals surface area contributed by atoms with Crippen LogP contribution in [0.1, 0.15) is 40.0 Å². The molecule has 0 spiro atoms. The summed E-state index contributed by atoms with van der Waals surface area (Å²) in [6.07, 6.45) is 1.01. The van der Waals surface area contributed by atoms with E-state index in [1.54, 1.807) is 30.3 Å². The van der Waals surface area contributed by atoms with Crippen LogP contribution in [0.4, 0.5) is 5.69 Å². The number of nitrogens with zero attached hydrogens (tertiary/aromatic N) is 1. The van der Waals surface area contributed by atoms with Gasteiger partial charge in [-0.2, -0.15) is 0 Å². The first-order valence-electron chi connectivity index (χ1n) is 7.35. The number of amides is 4. The number of benzene rings is 2. The minimum absolute atomic E-state index is 0.109. The molecule has 1 fully saturated rings. The van der Waals surface area contributed by atoms with Crippen molar-refractivity contribution >= 4 is 40.1 Å². The number of carbonyl (C=O) groups is 4. The lowest BCUT2D eigenvalue weighted by Gasteiger charge is -2.26. The lowest BCUT2D eigenvalue weighted by molar-refractivity contribution is -0.129. The van der Waals surface area contributed by atoms with Crippen LogP contribution in [0, 0.1) is 0 Å². The quantitative estimate of drug-likeness (QED) is 0.814. The summed E-state index contributed by atoms with van der Waals surface area (Å²) in [4.78, 5) is 49.9. The normalized spacial score (nSPS) is 17.7. The number of hydrogen-bond acceptors (Lipinski definition) is 4. The maximum Gasteiger partial charge on any atom is 0.261 e. The largest absolute Gasteiger partial charge is 0.288 e. The summed E-state index contributed by atoms with van der Waals surface area (Å²) in [6.45, 7) is 0. The highest BCUT2D eigenvalue weighted by Gasteiger charge is 2.37. The van der Waals surface area contributed by atoms with E-state index in [4.69, 9.17) is 0 Å². The summed E-state index contributed by atoms with van der Waals surface area (Å²) in [5.41, 5.74) is 0.545. The molecule has 0 unspecified atom stereocenters. The van der Waals surface area contributed by atoms with E-state index in [-0.39, 0.29) is 41.5 Å². The third kappa shape index (κ3) is 1.88. The average Bonchev–Trinajstić information content (AvgIpc) is 2.82. The summed E-state index contributed by atoms with van der Waals surface area (Å²) in [5.74, 6) is -1.76. The topological polar surface area (TPSA) is 83.6 Å². The number of nitrogens with one attached hydrogen (secondary N) is 1. The van der Waals surface area contributed by atoms with E-state index in [0.717, 1.165) is 4.90 Å². The van der Waals surface area contributed by atoms with Crippen molar-refractivity contribution in [2.24, 2.45) is 0 Å². The molecule has 0 saturated carbocycles. The van der Waals surface area contributed by atoms with Crippen LogP contribution in [-0.2, 0) is 9.59 Å². The van der Waals surface area contributed by atoms with E-state index in [2.05, 4.69) is 5.32 Å². The number of rotatable bonds is 1. The van der Waals surface area contributed by atoms with Crippen molar-refractivity contribution in [2.45, 2.75) is 19.3 Å². The molecule has 4 rings (SSSR count). The van der Waals surface area contributed by atoms with Gasteiger partial charge in [0.2, 0.25) is 11.8 Å². The van der Waals surface area contributed by atoms with Crippen molar-refractivity contribution in [1.29, 1.82) is 0 Å². The molecular formula is C17H12N2O4. The van der Waals surface area contributed by atoms with Gasteiger partial charge >= 0.3 is 0 Å². The minimum atomic E-state index is -0.572. The molecule has 2 aromatic carbocycles. The summed E-state index contributed by atoms with van der Waals surface area (Å²) < 4.78 is 0. The fourth-order valence-corrected chi connectivity index (χ4v) is 3.23. The number of hydrogen-bond donors (Lipinski definition) is 1. The maximum absolute atomic E-state index is 12.2. The predicted octanol–water partition coefficient (Wildman–Crippen LogP) is 1.77. The van der Waals surface area contributed by atoms with Gasteiger partial charge in [0.1, 0.15) is 0 Å². The van der Waals surface area contributed by atoms with Crippen LogP contribution < -0.4 is 10.2 Å². The highest BCUT2D eigenvalue weighted by Crippen LogP contribution is 2.36. The van der Waals surface area contributed by atoms with E-state index in [0.29, 0.717) is 17.2 Å². The molecule has 1 saturated heterocycles. The van der Waals surface area contributed by atoms with Crippen LogP contribution in [0.5, 0.6) is 0 Å². The van der Waals surface area contributed by atoms with Crippen molar-refractivity contribution in [1.82, 2.24) is 5.32 Å². The lowest BCUT2D eigenvalue weighted by Crippen LogP contribution is -2.41. The molecule has 6 nitrogen and oxygen atoms in total. The highest BCUT2D eigenvalue weighted by molar-refractivity contribution is 6.31. The Morgan fingerprint density at radius 1 is 0.870 bits per heavy atom. The molecule has 0 radical (unpaired) electrons. The van der Waals surface area contributed by atoms with E-state index in [1.807, 2.05) is 0 Å². The molecule has 0 aliphatic carbocycles. The zero-order valence-corrected chi connectivity index (χ0v) is 12.1. The van der Waals surface area contributed by atoms with E-state index >= 15 is 0 Å². The number of carbonyl (C=O) groups excluding carboxylic acids is 4. The molecule has 2 heterocycles. The molecule has 1 N–H and O–H groups in total. The van der Waals surface area contributed by atoms with Crippen LogP contribution in [-0.4, -0.2) is 23.6 Å². The van der Waals surface area contributed by atoms with E-state index in [1.165, 1.54) is 0 Å². The van der Waals surface area contributed by atoms with Crippen molar-refractivity contribution in [3.05, 3.63) is 41.5 Å². The van der Waals surface area contributed by atoms with Gasteiger partial charge in [0.25, 0.3) is 11.8 Å². The Kier molecular flexibility index (Phi) is 2.81. The first kappa shape index (κ1) is 13.6. The Hall–Kier alpha value is -3.02. The standard InChI is InChI=1S/C17H12N2O4/c20-12-6-3-7-13(21)19(12)11-8-9-4-1-2-5-10(9)14-15(11)17(23)18-16(14)22/h1-2,4-5,8H,3,6-7H2,(H,18,22,23). The third-order valence-electron chi connectivity index (χ3n) is 4.23. The maximum atomic E-state index is 12.2. The fourth-order valence-electron chi connectivity index (χ4n) is 3.23. The van der Waals surface area contributed by atoms with Gasteiger partial charge in [-0.05, 0) is 23.3 Å². The minimum Gasteiger partial charge on any atom is -0.288 e. The molecule has 2 aliphatic heterocycles. The number of fused-ring (bicyclic) bond motifs is 3. The van der Waals surface area contributed by atoms with Crippen LogP contribution in [0.15, 0.2) is 30.3 Å². The van der Waals surface area contributed by atoms with Gasteiger partial charge in [-0.3, -0.25) is 24.5 Å². The van der Waals surface area contributed by atoms with Gasteiger partial charge in [-0.1, -0.05) is 24.3 Å². The van der Waals surface area contributed by atoms with Crippen LogP contribution in [0.25, 0.3) is 10.8 Å². The van der Waals surface area contributed by atoms with E-state index in [9.17, 15) is 19.2 Å². The first-order chi connectivity index (χ1) is 11.1. The summed E-state index contributed by atoms with van der Waals surface area (Å²) in [5, 5.41) is 3.59. The second-order valence-corrected chi connectivity index (χ2v) is 5.63. The Morgan fingerprint density at radius 3 is 2.26 bits per heavy atom. The van der Waals surface area contributed by atoms with Gasteiger partial charge < -0.3 is 0 Å². The highest BCUT2D eigenvalue weighted by atomic mass is 16.2. The lowest BCUT2D eigenvalue weighted by atomic mass is 9.96. The number of anilines is 1. The smallest absolute Gasteiger partial charge is 0.261 e. The van der Waals surface area contributed by atoms with Gasteiger partial charge in [-0.15, -0.1) is 0 Å². The van der Waals surface area contributed by atoms with Crippen LogP contribution in [0.3, 0.4) is 0 Å². The second kappa shape index (κ2) is 4.74. The van der Waals surface area contributed by atoms with Gasteiger partial charge in [0, 0.05) is 12.8 Å². The number of piperidine rings is 1. The number of imide groups is 2. The van der Waals surface area contributed by atoms with E-state index < -0.39 is 11.8 Å². The Bertz CT molecular complexity index is 900. The second-order valence-electron chi connectivity index (χ2n) is 5.63. The molecule has 23 heavy (non-hydrogen) atoms. The zero-order chi connectivity index (χ0) is 16.1. The Morgan fingerprint density at radius 2 is 1.52 bits per heavy atom. The Balaban J connectivity index is 2.06. The van der Waals surface area contributed by atoms with Gasteiger partial charge in [-0.25, -0.2) is 4.90 Å². The summed E-state index contributed by atoms with van der Waals surface area (Å²) in [7, 11) is 0. The van der Waals surface area contributed by atoms with Crippen molar-refractivity contribution in [2.75, 3.05) is 4.90 Å². The van der Waals surface area contributed by atoms with Gasteiger partial charge in [0.05, 0.1) is 16.8 Å². The summed E-state index contributed by atoms with van der Waals surface area (Å²) >= 11 is 0. The monoisotopic (exact) mass is 308 g/mol. The molecule has 114 valence electrons. The molecule has 4 amide bonds. The SMILES string of the molecule is O=C1NC(=O)c2c1c(N1C(=O)CCCC1=O)cc1ccccc21. The molecule has 6 heteroatoms. The summed E-state index contributed by atoms with van der Waals surface area (Å²) in [6, 6.07) is 8.74. The van der Waals surface area contributed by atoms with Crippen LogP contribution >= 0.6 is 0 Å². The zero-order valence-electron chi connectivity index (χ0n) is 12.1. The molecule has 0 atom stereocenters. The third-order valence-corrected chi connectivity index (χ3v) is 4.23. The Labute approximate surface area is 131 Å². The van der Waals surface area contributed by atoms with Crippen molar-refractivity contribution in [3.8, 4) is 0 Å². The first-order valence-corrected chi connectivity index (χ1v) is 7.35. The van der Waals surface area contributed by atoms with Gasteiger partial charge in [0.15, 0.2) is 0 Å². The van der Waals surface area contributed by atoms with Crippen molar-refractivity contribution in [3.63, 3.8) is 0 Å². The predicted molar refractivity (Wildman–Crippen MR) is 82.1 cm³/mol. The molecule has 2 aliphatic rings. The molecule has 2 aromatic rings. The average molecular weight is 308 g/mol. The molecular weight excluding hydrogens is 296 g/mol. The molecule has 0 aromatic heterocycles. The molecule has 0 bridgehead atoms. The van der Waals surface area contributed by atoms with Crippen LogP contribution in [0.2, 0.25) is 0 Å². The fraction of sp³-hybridized carbons (Fsp3) is 0.176.